The van der Waals surface area contributed by atoms with Crippen LogP contribution in [0.3, 0.4) is 0 Å². The molecule has 4 aromatic rings. The monoisotopic (exact) mass is 370 g/mol. The van der Waals surface area contributed by atoms with Crippen molar-refractivity contribution < 1.29 is 4.79 Å². The van der Waals surface area contributed by atoms with Gasteiger partial charge in [-0.2, -0.15) is 5.10 Å². The Labute approximate surface area is 161 Å². The molecule has 1 N–H and O–H groups in total. The summed E-state index contributed by atoms with van der Waals surface area (Å²) >= 11 is 0. The second-order valence-corrected chi connectivity index (χ2v) is 6.79. The van der Waals surface area contributed by atoms with E-state index in [1.165, 1.54) is 0 Å². The number of anilines is 1. The van der Waals surface area contributed by atoms with Crippen LogP contribution in [0.25, 0.3) is 5.69 Å². The van der Waals surface area contributed by atoms with Gasteiger partial charge in [-0.3, -0.25) is 14.8 Å². The number of fused-ring (bicyclic) bond motifs is 1. The Kier molecular flexibility index (Phi) is 3.97. The Bertz CT molecular complexity index is 1120. The van der Waals surface area contributed by atoms with Crippen LogP contribution in [0.4, 0.5) is 5.82 Å². The Morgan fingerprint density at radius 1 is 1.04 bits per heavy atom. The summed E-state index contributed by atoms with van der Waals surface area (Å²) in [5, 5.41) is 7.54. The third-order valence-corrected chi connectivity index (χ3v) is 5.01. The number of amides is 1. The molecule has 7 heteroatoms. The molecule has 1 aliphatic heterocycles. The van der Waals surface area contributed by atoms with Crippen molar-refractivity contribution in [1.29, 1.82) is 0 Å². The van der Waals surface area contributed by atoms with Crippen molar-refractivity contribution in [2.45, 2.75) is 18.9 Å². The highest BCUT2D eigenvalue weighted by Crippen LogP contribution is 2.38. The molecule has 1 amide bonds. The molecule has 0 saturated heterocycles. The van der Waals surface area contributed by atoms with Gasteiger partial charge >= 0.3 is 0 Å². The van der Waals surface area contributed by atoms with E-state index < -0.39 is 0 Å². The van der Waals surface area contributed by atoms with E-state index in [0.717, 1.165) is 28.3 Å². The van der Waals surface area contributed by atoms with Crippen LogP contribution >= 0.6 is 0 Å². The highest BCUT2D eigenvalue weighted by molar-refractivity contribution is 5.94. The Hall–Kier alpha value is -3.74. The van der Waals surface area contributed by atoms with Crippen LogP contribution in [0.5, 0.6) is 0 Å². The molecule has 7 nitrogen and oxygen atoms in total. The lowest BCUT2D eigenvalue weighted by molar-refractivity contribution is -0.116. The maximum atomic E-state index is 12.5. The Morgan fingerprint density at radius 2 is 1.89 bits per heavy atom. The standard InChI is InChI=1S/C21H18N6O/c28-20-10-17(19-6-3-9-26(19)16-5-2-8-23-12-16)18-13-24-27(21(18)25-20)14-15-4-1-7-22-11-15/h1-9,11-13,17H,10,14H2,(H,25,28). The summed E-state index contributed by atoms with van der Waals surface area (Å²) in [6.45, 7) is 0.555. The first kappa shape index (κ1) is 16.4. The topological polar surface area (TPSA) is 77.6 Å². The second-order valence-electron chi connectivity index (χ2n) is 6.79. The number of carbonyl (C=O) groups is 1. The van der Waals surface area contributed by atoms with Crippen molar-refractivity contribution in [3.63, 3.8) is 0 Å². The van der Waals surface area contributed by atoms with Gasteiger partial charge in [0.05, 0.1) is 24.6 Å². The zero-order valence-electron chi connectivity index (χ0n) is 15.1. The number of hydrogen-bond acceptors (Lipinski definition) is 4. The minimum atomic E-state index is -0.0680. The predicted molar refractivity (Wildman–Crippen MR) is 104 cm³/mol. The molecule has 4 aromatic heterocycles. The molecule has 5 heterocycles. The van der Waals surface area contributed by atoms with E-state index in [1.54, 1.807) is 12.4 Å². The zero-order valence-corrected chi connectivity index (χ0v) is 15.1. The Morgan fingerprint density at radius 3 is 2.68 bits per heavy atom. The van der Waals surface area contributed by atoms with E-state index in [4.69, 9.17) is 0 Å². The quantitative estimate of drug-likeness (QED) is 0.599. The average molecular weight is 370 g/mol. The normalized spacial score (nSPS) is 15.9. The summed E-state index contributed by atoms with van der Waals surface area (Å²) in [6, 6.07) is 11.9. The molecule has 1 unspecified atom stereocenters. The maximum absolute atomic E-state index is 12.5. The van der Waals surface area contributed by atoms with Crippen LogP contribution in [0, 0.1) is 0 Å². The predicted octanol–water partition coefficient (Wildman–Crippen LogP) is 2.99. The van der Waals surface area contributed by atoms with Gasteiger partial charge in [-0.25, -0.2) is 4.68 Å². The fraction of sp³-hybridized carbons (Fsp3) is 0.143. The number of hydrogen-bond donors (Lipinski definition) is 1. The molecule has 0 radical (unpaired) electrons. The smallest absolute Gasteiger partial charge is 0.226 e. The minimum absolute atomic E-state index is 0.00984. The Balaban J connectivity index is 1.55. The summed E-state index contributed by atoms with van der Waals surface area (Å²) in [6.07, 6.45) is 11.4. The van der Waals surface area contributed by atoms with Crippen LogP contribution in [0.2, 0.25) is 0 Å². The van der Waals surface area contributed by atoms with Crippen molar-refractivity contribution in [1.82, 2.24) is 24.3 Å². The van der Waals surface area contributed by atoms with Gasteiger partial charge in [0.25, 0.3) is 0 Å². The molecule has 0 aliphatic carbocycles. The van der Waals surface area contributed by atoms with Crippen LogP contribution in [-0.4, -0.2) is 30.2 Å². The first-order chi connectivity index (χ1) is 13.8. The lowest BCUT2D eigenvalue weighted by atomic mass is 9.91. The first-order valence-electron chi connectivity index (χ1n) is 9.12. The highest BCUT2D eigenvalue weighted by atomic mass is 16.1. The largest absolute Gasteiger partial charge is 0.319 e. The molecule has 0 aromatic carbocycles. The molecule has 0 bridgehead atoms. The molecular weight excluding hydrogens is 352 g/mol. The second kappa shape index (κ2) is 6.77. The number of carbonyl (C=O) groups excluding carboxylic acids is 1. The van der Waals surface area contributed by atoms with E-state index >= 15 is 0 Å². The third kappa shape index (κ3) is 2.87. The maximum Gasteiger partial charge on any atom is 0.226 e. The van der Waals surface area contributed by atoms with Crippen molar-refractivity contribution in [3.05, 3.63) is 90.4 Å². The third-order valence-electron chi connectivity index (χ3n) is 5.01. The molecule has 1 atom stereocenters. The van der Waals surface area contributed by atoms with E-state index in [-0.39, 0.29) is 11.8 Å². The fourth-order valence-electron chi connectivity index (χ4n) is 3.73. The fourth-order valence-corrected chi connectivity index (χ4v) is 3.73. The van der Waals surface area contributed by atoms with Crippen LogP contribution in [-0.2, 0) is 11.3 Å². The van der Waals surface area contributed by atoms with Gasteiger partial charge in [0, 0.05) is 48.4 Å². The van der Waals surface area contributed by atoms with Crippen LogP contribution in [0.15, 0.2) is 73.6 Å². The molecule has 28 heavy (non-hydrogen) atoms. The number of aromatic nitrogens is 5. The molecule has 1 aliphatic rings. The van der Waals surface area contributed by atoms with Crippen LogP contribution < -0.4 is 5.32 Å². The summed E-state index contributed by atoms with van der Waals surface area (Å²) in [7, 11) is 0. The number of pyridine rings is 2. The van der Waals surface area contributed by atoms with Crippen molar-refractivity contribution in [2.75, 3.05) is 5.32 Å². The van der Waals surface area contributed by atoms with Crippen molar-refractivity contribution in [2.24, 2.45) is 0 Å². The highest BCUT2D eigenvalue weighted by Gasteiger charge is 2.31. The van der Waals surface area contributed by atoms with Crippen LogP contribution in [0.1, 0.15) is 29.2 Å². The molecule has 138 valence electrons. The lowest BCUT2D eigenvalue weighted by Crippen LogP contribution is -2.26. The molecule has 0 spiro atoms. The van der Waals surface area contributed by atoms with E-state index in [1.807, 2.05) is 59.8 Å². The van der Waals surface area contributed by atoms with E-state index in [9.17, 15) is 4.79 Å². The van der Waals surface area contributed by atoms with Gasteiger partial charge in [-0.15, -0.1) is 0 Å². The summed E-state index contributed by atoms with van der Waals surface area (Å²) < 4.78 is 3.91. The number of rotatable bonds is 4. The van der Waals surface area contributed by atoms with Gasteiger partial charge in [0.1, 0.15) is 5.82 Å². The molecule has 5 rings (SSSR count). The van der Waals surface area contributed by atoms with E-state index in [0.29, 0.717) is 13.0 Å². The summed E-state index contributed by atoms with van der Waals surface area (Å²) in [5.74, 6) is 0.676. The van der Waals surface area contributed by atoms with Gasteiger partial charge in [-0.05, 0) is 35.9 Å². The number of nitrogens with zero attached hydrogens (tertiary/aromatic N) is 5. The average Bonchev–Trinajstić information content (AvgIpc) is 3.37. The lowest BCUT2D eigenvalue weighted by Gasteiger charge is -2.25. The van der Waals surface area contributed by atoms with Gasteiger partial charge in [-0.1, -0.05) is 6.07 Å². The van der Waals surface area contributed by atoms with Gasteiger partial charge in [0.2, 0.25) is 5.91 Å². The van der Waals surface area contributed by atoms with E-state index in [2.05, 4.69) is 31.0 Å². The molecule has 0 saturated carbocycles. The SMILES string of the molecule is O=C1CC(c2cccn2-c2cccnc2)c2cnn(Cc3cccnc3)c2N1. The summed E-state index contributed by atoms with van der Waals surface area (Å²) in [4.78, 5) is 20.9. The molecular formula is C21H18N6O. The molecule has 0 fully saturated rings. The van der Waals surface area contributed by atoms with Gasteiger partial charge < -0.3 is 9.88 Å². The minimum Gasteiger partial charge on any atom is -0.319 e. The van der Waals surface area contributed by atoms with Gasteiger partial charge in [0.15, 0.2) is 0 Å². The first-order valence-corrected chi connectivity index (χ1v) is 9.12. The summed E-state index contributed by atoms with van der Waals surface area (Å²) in [5.41, 5.74) is 4.07. The van der Waals surface area contributed by atoms with Crippen molar-refractivity contribution in [3.8, 4) is 5.69 Å². The zero-order chi connectivity index (χ0) is 18.9. The number of nitrogens with one attached hydrogen (secondary N) is 1. The van der Waals surface area contributed by atoms with Crippen molar-refractivity contribution >= 4 is 11.7 Å².